The third kappa shape index (κ3) is 3.09. The smallest absolute Gasteiger partial charge is 0.232 e. The van der Waals surface area contributed by atoms with Crippen LogP contribution in [-0.2, 0) is 12.0 Å². The van der Waals surface area contributed by atoms with Gasteiger partial charge in [-0.25, -0.2) is 0 Å². The molecule has 102 valence electrons. The molecule has 1 aliphatic rings. The molecule has 2 rings (SSSR count). The van der Waals surface area contributed by atoms with Crippen LogP contribution in [0.1, 0.15) is 45.8 Å². The van der Waals surface area contributed by atoms with Gasteiger partial charge in [0.1, 0.15) is 0 Å². The van der Waals surface area contributed by atoms with Gasteiger partial charge in [-0.1, -0.05) is 25.9 Å². The molecule has 1 fully saturated rings. The first-order valence-corrected chi connectivity index (χ1v) is 6.67. The SMILES string of the molecule is CC(N)C1CCN(Cc2noc(C(C)(C)C)n2)C1. The third-order valence-corrected chi connectivity index (χ3v) is 3.53. The molecule has 0 saturated carbocycles. The second-order valence-corrected chi connectivity index (χ2v) is 6.41. The lowest BCUT2D eigenvalue weighted by Crippen LogP contribution is -2.29. The van der Waals surface area contributed by atoms with Crippen molar-refractivity contribution in [3.8, 4) is 0 Å². The zero-order chi connectivity index (χ0) is 13.3. The van der Waals surface area contributed by atoms with Crippen LogP contribution in [0.15, 0.2) is 4.52 Å². The van der Waals surface area contributed by atoms with E-state index in [0.717, 1.165) is 25.5 Å². The fourth-order valence-electron chi connectivity index (χ4n) is 2.26. The molecule has 18 heavy (non-hydrogen) atoms. The van der Waals surface area contributed by atoms with Crippen LogP contribution in [0, 0.1) is 5.92 Å². The number of likely N-dealkylation sites (tertiary alicyclic amines) is 1. The summed E-state index contributed by atoms with van der Waals surface area (Å²) >= 11 is 0. The highest BCUT2D eigenvalue weighted by molar-refractivity contribution is 4.98. The lowest BCUT2D eigenvalue weighted by atomic mass is 9.97. The maximum absolute atomic E-state index is 5.94. The molecule has 5 nitrogen and oxygen atoms in total. The third-order valence-electron chi connectivity index (χ3n) is 3.53. The molecule has 1 aromatic rings. The summed E-state index contributed by atoms with van der Waals surface area (Å²) < 4.78 is 5.30. The molecule has 2 heterocycles. The van der Waals surface area contributed by atoms with Gasteiger partial charge in [0.2, 0.25) is 5.89 Å². The van der Waals surface area contributed by atoms with Gasteiger partial charge in [-0.3, -0.25) is 4.90 Å². The number of hydrogen-bond donors (Lipinski definition) is 1. The van der Waals surface area contributed by atoms with Crippen molar-refractivity contribution in [1.29, 1.82) is 0 Å². The van der Waals surface area contributed by atoms with Crippen LogP contribution in [0.5, 0.6) is 0 Å². The maximum atomic E-state index is 5.94. The van der Waals surface area contributed by atoms with Gasteiger partial charge in [-0.2, -0.15) is 4.98 Å². The maximum Gasteiger partial charge on any atom is 0.232 e. The molecule has 0 aromatic carbocycles. The Morgan fingerprint density at radius 3 is 2.72 bits per heavy atom. The van der Waals surface area contributed by atoms with Crippen molar-refractivity contribution in [3.05, 3.63) is 11.7 Å². The molecule has 2 unspecified atom stereocenters. The molecule has 2 atom stereocenters. The van der Waals surface area contributed by atoms with E-state index in [9.17, 15) is 0 Å². The number of nitrogens with zero attached hydrogens (tertiary/aromatic N) is 3. The molecule has 0 amide bonds. The van der Waals surface area contributed by atoms with E-state index < -0.39 is 0 Å². The molecule has 0 radical (unpaired) electrons. The summed E-state index contributed by atoms with van der Waals surface area (Å²) in [6, 6.07) is 0.269. The van der Waals surface area contributed by atoms with E-state index in [4.69, 9.17) is 10.3 Å². The first kappa shape index (κ1) is 13.5. The van der Waals surface area contributed by atoms with Crippen molar-refractivity contribution in [3.63, 3.8) is 0 Å². The Morgan fingerprint density at radius 1 is 1.50 bits per heavy atom. The molecule has 1 saturated heterocycles. The Labute approximate surface area is 109 Å². The Balaban J connectivity index is 1.93. The van der Waals surface area contributed by atoms with E-state index in [1.165, 1.54) is 6.42 Å². The quantitative estimate of drug-likeness (QED) is 0.883. The van der Waals surface area contributed by atoms with Crippen LogP contribution >= 0.6 is 0 Å². The molecule has 0 spiro atoms. The number of nitrogens with two attached hydrogens (primary N) is 1. The van der Waals surface area contributed by atoms with Crippen LogP contribution in [0.4, 0.5) is 0 Å². The largest absolute Gasteiger partial charge is 0.339 e. The predicted molar refractivity (Wildman–Crippen MR) is 70.0 cm³/mol. The minimum absolute atomic E-state index is 0.0788. The standard InChI is InChI=1S/C13H24N4O/c1-9(14)10-5-6-17(7-10)8-11-15-12(18-16-11)13(2,3)4/h9-10H,5-8,14H2,1-4H3. The predicted octanol–water partition coefficient (Wildman–Crippen LogP) is 1.54. The molecule has 1 aromatic heterocycles. The minimum Gasteiger partial charge on any atom is -0.339 e. The van der Waals surface area contributed by atoms with Gasteiger partial charge in [0.15, 0.2) is 5.82 Å². The molecule has 2 N–H and O–H groups in total. The zero-order valence-corrected chi connectivity index (χ0v) is 11.8. The number of hydrogen-bond acceptors (Lipinski definition) is 5. The summed E-state index contributed by atoms with van der Waals surface area (Å²) in [5.74, 6) is 2.09. The fourth-order valence-corrected chi connectivity index (χ4v) is 2.26. The van der Waals surface area contributed by atoms with E-state index >= 15 is 0 Å². The Kier molecular flexibility index (Phi) is 3.73. The van der Waals surface area contributed by atoms with Crippen molar-refractivity contribution in [2.75, 3.05) is 13.1 Å². The van der Waals surface area contributed by atoms with Crippen LogP contribution in [0.2, 0.25) is 0 Å². The van der Waals surface area contributed by atoms with Crippen LogP contribution in [-0.4, -0.2) is 34.2 Å². The second-order valence-electron chi connectivity index (χ2n) is 6.41. The van der Waals surface area contributed by atoms with E-state index in [1.807, 2.05) is 0 Å². The summed E-state index contributed by atoms with van der Waals surface area (Å²) in [6.07, 6.45) is 1.17. The molecular formula is C13H24N4O. The monoisotopic (exact) mass is 252 g/mol. The van der Waals surface area contributed by atoms with Crippen molar-refractivity contribution < 1.29 is 4.52 Å². The second kappa shape index (κ2) is 4.97. The van der Waals surface area contributed by atoms with E-state index in [2.05, 4.69) is 42.7 Å². The van der Waals surface area contributed by atoms with Crippen molar-refractivity contribution in [1.82, 2.24) is 15.0 Å². The molecule has 0 bridgehead atoms. The first-order chi connectivity index (χ1) is 8.36. The molecular weight excluding hydrogens is 228 g/mol. The highest BCUT2D eigenvalue weighted by atomic mass is 16.5. The van der Waals surface area contributed by atoms with Crippen LogP contribution < -0.4 is 5.73 Å². The lowest BCUT2D eigenvalue weighted by molar-refractivity contribution is 0.287. The summed E-state index contributed by atoms with van der Waals surface area (Å²) in [5.41, 5.74) is 5.86. The lowest BCUT2D eigenvalue weighted by Gasteiger charge is -2.16. The van der Waals surface area contributed by atoms with Crippen LogP contribution in [0.3, 0.4) is 0 Å². The highest BCUT2D eigenvalue weighted by Crippen LogP contribution is 2.22. The summed E-state index contributed by atoms with van der Waals surface area (Å²) in [4.78, 5) is 6.82. The fraction of sp³-hybridized carbons (Fsp3) is 0.846. The molecule has 0 aliphatic carbocycles. The van der Waals surface area contributed by atoms with Gasteiger partial charge in [-0.15, -0.1) is 0 Å². The number of rotatable bonds is 3. The van der Waals surface area contributed by atoms with Gasteiger partial charge >= 0.3 is 0 Å². The average Bonchev–Trinajstić information content (AvgIpc) is 2.85. The Bertz CT molecular complexity index is 394. The van der Waals surface area contributed by atoms with Gasteiger partial charge in [0, 0.05) is 18.0 Å². The Hall–Kier alpha value is -0.940. The molecule has 1 aliphatic heterocycles. The van der Waals surface area contributed by atoms with E-state index in [-0.39, 0.29) is 11.5 Å². The van der Waals surface area contributed by atoms with Crippen LogP contribution in [0.25, 0.3) is 0 Å². The van der Waals surface area contributed by atoms with Gasteiger partial charge in [-0.05, 0) is 25.8 Å². The molecule has 5 heteroatoms. The van der Waals surface area contributed by atoms with Crippen molar-refractivity contribution in [2.24, 2.45) is 11.7 Å². The summed E-state index contributed by atoms with van der Waals surface area (Å²) in [6.45, 7) is 11.2. The van der Waals surface area contributed by atoms with Gasteiger partial charge in [0.25, 0.3) is 0 Å². The average molecular weight is 252 g/mol. The van der Waals surface area contributed by atoms with Crippen molar-refractivity contribution >= 4 is 0 Å². The van der Waals surface area contributed by atoms with E-state index in [1.54, 1.807) is 0 Å². The summed E-state index contributed by atoms with van der Waals surface area (Å²) in [7, 11) is 0. The van der Waals surface area contributed by atoms with Gasteiger partial charge < -0.3 is 10.3 Å². The van der Waals surface area contributed by atoms with Gasteiger partial charge in [0.05, 0.1) is 6.54 Å². The Morgan fingerprint density at radius 2 is 2.22 bits per heavy atom. The van der Waals surface area contributed by atoms with Crippen molar-refractivity contribution in [2.45, 2.75) is 52.1 Å². The zero-order valence-electron chi connectivity index (χ0n) is 11.8. The highest BCUT2D eigenvalue weighted by Gasteiger charge is 2.27. The topological polar surface area (TPSA) is 68.2 Å². The summed E-state index contributed by atoms with van der Waals surface area (Å²) in [5, 5.41) is 4.06. The minimum atomic E-state index is -0.0788. The van der Waals surface area contributed by atoms with E-state index in [0.29, 0.717) is 11.8 Å². The number of aromatic nitrogens is 2. The normalized spacial score (nSPS) is 23.5. The first-order valence-electron chi connectivity index (χ1n) is 6.67.